The van der Waals surface area contributed by atoms with Crippen molar-refractivity contribution in [3.8, 4) is 41.1 Å². The van der Waals surface area contributed by atoms with Gasteiger partial charge in [0.15, 0.2) is 0 Å². The van der Waals surface area contributed by atoms with E-state index in [4.69, 9.17) is 5.26 Å². The Bertz CT molecular complexity index is 849. The van der Waals surface area contributed by atoms with E-state index in [-0.39, 0.29) is 19.8 Å². The van der Waals surface area contributed by atoms with Crippen molar-refractivity contribution in [2.45, 2.75) is 6.92 Å². The van der Waals surface area contributed by atoms with Gasteiger partial charge in [-0.1, -0.05) is 24.3 Å². The molecule has 0 unspecified atom stereocenters. The van der Waals surface area contributed by atoms with E-state index in [9.17, 15) is 0 Å². The summed E-state index contributed by atoms with van der Waals surface area (Å²) in [6.07, 6.45) is 9.81. The molecule has 0 saturated heterocycles. The van der Waals surface area contributed by atoms with E-state index < -0.39 is 0 Å². The second-order valence-electron chi connectivity index (χ2n) is 5.35. The SMILES string of the molecule is C#C[CH2-].CC#N.[Os+2].[c-]1ccccc1-c1ccccn1.c1ccc(-c2ccccn2)nc1. The number of rotatable bonds is 2. The van der Waals surface area contributed by atoms with Gasteiger partial charge in [-0.25, -0.2) is 0 Å². The largest absolute Gasteiger partial charge is 2.00 e. The predicted molar refractivity (Wildman–Crippen MR) is 121 cm³/mol. The zero-order valence-corrected chi connectivity index (χ0v) is 19.7. The molecule has 5 heteroatoms. The maximum Gasteiger partial charge on any atom is 2.00 e. The molecule has 0 spiro atoms. The van der Waals surface area contributed by atoms with Gasteiger partial charge in [0.1, 0.15) is 0 Å². The summed E-state index contributed by atoms with van der Waals surface area (Å²) >= 11 is 0. The van der Waals surface area contributed by atoms with Gasteiger partial charge in [-0.05, 0) is 36.0 Å². The van der Waals surface area contributed by atoms with Gasteiger partial charge in [-0.2, -0.15) is 12.2 Å². The van der Waals surface area contributed by atoms with Crippen LogP contribution in [0.15, 0.2) is 97.5 Å². The minimum Gasteiger partial charge on any atom is -0.345 e. The van der Waals surface area contributed by atoms with Crippen LogP contribution in [0.3, 0.4) is 0 Å². The second-order valence-corrected chi connectivity index (χ2v) is 5.35. The number of terminal acetylenes is 1. The number of benzene rings is 1. The zero-order chi connectivity index (χ0) is 21.9. The van der Waals surface area contributed by atoms with Gasteiger partial charge in [0, 0.05) is 25.5 Å². The number of pyridine rings is 3. The first-order valence-corrected chi connectivity index (χ1v) is 9.00. The van der Waals surface area contributed by atoms with Crippen LogP contribution in [-0.2, 0) is 19.8 Å². The van der Waals surface area contributed by atoms with E-state index in [0.717, 1.165) is 22.6 Å². The van der Waals surface area contributed by atoms with Crippen molar-refractivity contribution in [2.75, 3.05) is 0 Å². The molecule has 0 saturated carbocycles. The molecule has 0 amide bonds. The Morgan fingerprint density at radius 3 is 1.48 bits per heavy atom. The van der Waals surface area contributed by atoms with Crippen LogP contribution >= 0.6 is 0 Å². The van der Waals surface area contributed by atoms with Crippen molar-refractivity contribution in [1.82, 2.24) is 15.0 Å². The third-order valence-electron chi connectivity index (χ3n) is 3.24. The Hall–Kier alpha value is -3.77. The number of nitrogens with zero attached hydrogens (tertiary/aromatic N) is 4. The summed E-state index contributed by atoms with van der Waals surface area (Å²) in [6.45, 7) is 4.44. The first-order chi connectivity index (χ1) is 14.8. The molecule has 0 radical (unpaired) electrons. The maximum atomic E-state index is 7.32. The molecule has 4 aromatic rings. The van der Waals surface area contributed by atoms with E-state index in [0.29, 0.717) is 0 Å². The summed E-state index contributed by atoms with van der Waals surface area (Å²) in [6, 6.07) is 30.2. The van der Waals surface area contributed by atoms with Crippen molar-refractivity contribution in [1.29, 1.82) is 5.26 Å². The molecule has 0 bridgehead atoms. The summed E-state index contributed by atoms with van der Waals surface area (Å²) < 4.78 is 0. The summed E-state index contributed by atoms with van der Waals surface area (Å²) in [4.78, 5) is 12.6. The predicted octanol–water partition coefficient (Wildman–Crippen LogP) is 5.67. The summed E-state index contributed by atoms with van der Waals surface area (Å²) in [7, 11) is 0. The monoisotopic (exact) mass is 582 g/mol. The summed E-state index contributed by atoms with van der Waals surface area (Å²) in [5, 5.41) is 7.32. The minimum atomic E-state index is 0. The van der Waals surface area contributed by atoms with Gasteiger partial charge < -0.3 is 17.3 Å². The smallest absolute Gasteiger partial charge is 0.345 e. The van der Waals surface area contributed by atoms with Crippen LogP contribution in [0.5, 0.6) is 0 Å². The molecule has 4 nitrogen and oxygen atoms in total. The third kappa shape index (κ3) is 11.7. The molecule has 0 fully saturated rings. The van der Waals surface area contributed by atoms with Crippen molar-refractivity contribution in [3.63, 3.8) is 0 Å². The Balaban J connectivity index is 0.000000453. The van der Waals surface area contributed by atoms with Gasteiger partial charge in [0.25, 0.3) is 0 Å². The Labute approximate surface area is 198 Å². The van der Waals surface area contributed by atoms with Gasteiger partial charge >= 0.3 is 19.8 Å². The van der Waals surface area contributed by atoms with Crippen LogP contribution in [-0.4, -0.2) is 15.0 Å². The first kappa shape index (κ1) is 27.2. The Kier molecular flexibility index (Phi) is 16.0. The van der Waals surface area contributed by atoms with E-state index in [1.807, 2.05) is 84.8 Å². The number of aromatic nitrogens is 3. The van der Waals surface area contributed by atoms with Gasteiger partial charge in [0.2, 0.25) is 0 Å². The average Bonchev–Trinajstić information content (AvgIpc) is 2.83. The fourth-order valence-electron chi connectivity index (χ4n) is 2.10. The van der Waals surface area contributed by atoms with E-state index >= 15 is 0 Å². The van der Waals surface area contributed by atoms with Gasteiger partial charge in [0.05, 0.1) is 17.5 Å². The molecular weight excluding hydrogens is 559 g/mol. The fourth-order valence-corrected chi connectivity index (χ4v) is 2.10. The van der Waals surface area contributed by atoms with Crippen LogP contribution < -0.4 is 0 Å². The molecule has 1 aromatic carbocycles. The van der Waals surface area contributed by atoms with Gasteiger partial charge in [-0.15, -0.1) is 35.9 Å². The molecule has 3 heterocycles. The molecule has 154 valence electrons. The molecule has 31 heavy (non-hydrogen) atoms. The topological polar surface area (TPSA) is 62.5 Å². The fraction of sp³-hybridized carbons (Fsp3) is 0.0385. The van der Waals surface area contributed by atoms with Crippen LogP contribution in [0.2, 0.25) is 0 Å². The molecular formula is C26H22N4Os. The second kappa shape index (κ2) is 18.3. The summed E-state index contributed by atoms with van der Waals surface area (Å²) in [5.41, 5.74) is 3.84. The molecule has 0 N–H and O–H groups in total. The van der Waals surface area contributed by atoms with E-state index in [2.05, 4.69) is 34.4 Å². The van der Waals surface area contributed by atoms with Gasteiger partial charge in [-0.3, -0.25) is 9.97 Å². The van der Waals surface area contributed by atoms with Crippen LogP contribution in [0.4, 0.5) is 0 Å². The summed E-state index contributed by atoms with van der Waals surface area (Å²) in [5.74, 6) is 2.00. The Morgan fingerprint density at radius 1 is 0.774 bits per heavy atom. The van der Waals surface area contributed by atoms with Crippen LogP contribution in [0, 0.1) is 36.7 Å². The molecule has 3 aromatic heterocycles. The zero-order valence-electron chi connectivity index (χ0n) is 17.2. The third-order valence-corrected chi connectivity index (χ3v) is 3.24. The normalized spacial score (nSPS) is 7.97. The first-order valence-electron chi connectivity index (χ1n) is 9.00. The number of hydrogen-bond donors (Lipinski definition) is 0. The van der Waals surface area contributed by atoms with Crippen LogP contribution in [0.1, 0.15) is 6.92 Å². The van der Waals surface area contributed by atoms with E-state index in [1.165, 1.54) is 6.92 Å². The van der Waals surface area contributed by atoms with Crippen molar-refractivity contribution >= 4 is 0 Å². The molecule has 0 aliphatic rings. The van der Waals surface area contributed by atoms with Crippen molar-refractivity contribution < 1.29 is 19.8 Å². The molecule has 4 rings (SSSR count). The minimum absolute atomic E-state index is 0. The van der Waals surface area contributed by atoms with Crippen LogP contribution in [0.25, 0.3) is 22.6 Å². The van der Waals surface area contributed by atoms with Crippen molar-refractivity contribution in [2.24, 2.45) is 0 Å². The van der Waals surface area contributed by atoms with Crippen molar-refractivity contribution in [3.05, 3.63) is 110 Å². The average molecular weight is 581 g/mol. The standard InChI is InChI=1S/C11H8N.C10H8N2.C3H3.C2H3N.Os/c1-2-6-10(7-3-1)11-8-4-5-9-12-11;1-3-7-11-9(5-1)10-6-2-4-8-12-10;1-3-2;1-2-3;/h1-6,8-9H;1-8H;1H,2H2;1H3;/q-1;;-1;;+2. The molecule has 0 aliphatic heterocycles. The quantitative estimate of drug-likeness (QED) is 0.226. The van der Waals surface area contributed by atoms with E-state index in [1.54, 1.807) is 24.7 Å². The molecule has 0 atom stereocenters. The number of nitriles is 1. The Morgan fingerprint density at radius 2 is 1.16 bits per heavy atom. The number of hydrogen-bond acceptors (Lipinski definition) is 4. The maximum absolute atomic E-state index is 7.32. The molecule has 0 aliphatic carbocycles.